The quantitative estimate of drug-likeness (QED) is 0.854. The number of anilines is 1. The molecule has 3 heterocycles. The molecule has 2 unspecified atom stereocenters. The lowest BCUT2D eigenvalue weighted by Gasteiger charge is -2.33. The third-order valence-electron chi connectivity index (χ3n) is 4.63. The van der Waals surface area contributed by atoms with Gasteiger partial charge in [0, 0.05) is 18.6 Å². The lowest BCUT2D eigenvalue weighted by molar-refractivity contribution is 0.193. The van der Waals surface area contributed by atoms with Crippen LogP contribution in [-0.2, 0) is 11.4 Å². The number of rotatable bonds is 2. The molecule has 1 aromatic carbocycles. The van der Waals surface area contributed by atoms with E-state index in [4.69, 9.17) is 23.2 Å². The molecule has 4 rings (SSSR count). The summed E-state index contributed by atoms with van der Waals surface area (Å²) >= 11 is 13.8. The van der Waals surface area contributed by atoms with Crippen LogP contribution in [0.5, 0.6) is 0 Å². The van der Waals surface area contributed by atoms with Crippen molar-refractivity contribution in [1.29, 1.82) is 0 Å². The van der Waals surface area contributed by atoms with E-state index in [1.165, 1.54) is 43.7 Å². The van der Waals surface area contributed by atoms with Gasteiger partial charge in [0.2, 0.25) is 0 Å². The van der Waals surface area contributed by atoms with Gasteiger partial charge in [0.05, 0.1) is 27.1 Å². The Balaban J connectivity index is 1.64. The Morgan fingerprint density at radius 3 is 2.86 bits per heavy atom. The summed E-state index contributed by atoms with van der Waals surface area (Å²) in [7, 11) is 0. The average Bonchev–Trinajstić information content (AvgIpc) is 3.11. The van der Waals surface area contributed by atoms with Crippen LogP contribution in [0.2, 0.25) is 10.0 Å². The molecule has 4 nitrogen and oxygen atoms in total. The molecule has 0 radical (unpaired) electrons. The normalized spacial score (nSPS) is 27.3. The molecular weight excluding hydrogens is 327 g/mol. The van der Waals surface area contributed by atoms with Gasteiger partial charge in [0.15, 0.2) is 0 Å². The number of halogens is 2. The molecular formula is C14H16Cl2N4S. The number of benzene rings is 1. The van der Waals surface area contributed by atoms with Crippen molar-refractivity contribution in [3.8, 4) is 0 Å². The summed E-state index contributed by atoms with van der Waals surface area (Å²) in [6.45, 7) is 2.40. The standard InChI is InChI=1S/C14H16Cl2N4S/c15-8-7-9(16)13-14(19-21-18-13)12(8)17-10-4-6-20-5-2-1-3-11(10)20/h7,10-11,17H,1-6H2. The molecule has 1 aromatic rings. The van der Waals surface area contributed by atoms with Crippen LogP contribution in [0.15, 0.2) is 14.8 Å². The minimum atomic E-state index is 0.439. The van der Waals surface area contributed by atoms with E-state index < -0.39 is 0 Å². The summed E-state index contributed by atoms with van der Waals surface area (Å²) in [6, 6.07) is 2.82. The van der Waals surface area contributed by atoms with Crippen LogP contribution >= 0.6 is 23.2 Å². The first-order valence-corrected chi connectivity index (χ1v) is 8.83. The Labute approximate surface area is 137 Å². The van der Waals surface area contributed by atoms with Crippen LogP contribution in [0, 0.1) is 0 Å². The molecule has 0 aliphatic carbocycles. The van der Waals surface area contributed by atoms with E-state index in [-0.39, 0.29) is 0 Å². The van der Waals surface area contributed by atoms with Gasteiger partial charge in [-0.1, -0.05) is 29.6 Å². The highest BCUT2D eigenvalue weighted by Crippen LogP contribution is 2.48. The summed E-state index contributed by atoms with van der Waals surface area (Å²) < 4.78 is 8.64. The summed E-state index contributed by atoms with van der Waals surface area (Å²) in [4.78, 5) is 2.60. The molecule has 0 aromatic heterocycles. The first-order chi connectivity index (χ1) is 10.2. The molecule has 21 heavy (non-hydrogen) atoms. The number of nitrogens with one attached hydrogen (secondary N) is 1. The lowest BCUT2D eigenvalue weighted by atomic mass is 9.98. The van der Waals surface area contributed by atoms with Gasteiger partial charge in [-0.15, -0.1) is 0 Å². The SMILES string of the molecule is Clc1cc(Cl)c(NC2CCN3CCCCC23)c2c1N=S=N2. The second-order valence-electron chi connectivity index (χ2n) is 5.82. The first kappa shape index (κ1) is 14.0. The first-order valence-electron chi connectivity index (χ1n) is 7.35. The lowest BCUT2D eigenvalue weighted by Crippen LogP contribution is -2.41. The largest absolute Gasteiger partial charge is 0.378 e. The summed E-state index contributed by atoms with van der Waals surface area (Å²) in [5, 5.41) is 4.84. The van der Waals surface area contributed by atoms with Gasteiger partial charge in [-0.05, 0) is 31.9 Å². The summed E-state index contributed by atoms with van der Waals surface area (Å²) in [5.74, 6) is 0. The molecule has 7 heteroatoms. The molecule has 0 bridgehead atoms. The van der Waals surface area contributed by atoms with E-state index in [0.29, 0.717) is 22.1 Å². The van der Waals surface area contributed by atoms with Crippen LogP contribution in [-0.4, -0.2) is 30.1 Å². The molecule has 0 amide bonds. The minimum Gasteiger partial charge on any atom is -0.378 e. The summed E-state index contributed by atoms with van der Waals surface area (Å²) in [5.41, 5.74) is 2.43. The monoisotopic (exact) mass is 342 g/mol. The molecule has 112 valence electrons. The second-order valence-corrected chi connectivity index (χ2v) is 7.16. The van der Waals surface area contributed by atoms with Crippen molar-refractivity contribution in [2.75, 3.05) is 18.4 Å². The van der Waals surface area contributed by atoms with Gasteiger partial charge >= 0.3 is 0 Å². The number of nitrogens with zero attached hydrogens (tertiary/aromatic N) is 3. The van der Waals surface area contributed by atoms with Crippen LogP contribution in [0.1, 0.15) is 25.7 Å². The Bertz CT molecular complexity index is 657. The van der Waals surface area contributed by atoms with Crippen LogP contribution in [0.4, 0.5) is 17.1 Å². The maximum atomic E-state index is 6.40. The van der Waals surface area contributed by atoms with Gasteiger partial charge in [-0.3, -0.25) is 4.90 Å². The number of hydrogen-bond donors (Lipinski definition) is 1. The van der Waals surface area contributed by atoms with Crippen LogP contribution in [0.3, 0.4) is 0 Å². The van der Waals surface area contributed by atoms with Gasteiger partial charge < -0.3 is 5.32 Å². The average molecular weight is 343 g/mol. The Hall–Kier alpha value is -0.620. The topological polar surface area (TPSA) is 40.0 Å². The molecule has 3 aliphatic rings. The summed E-state index contributed by atoms with van der Waals surface area (Å²) in [6.07, 6.45) is 5.07. The zero-order valence-corrected chi connectivity index (χ0v) is 13.8. The fourth-order valence-electron chi connectivity index (χ4n) is 3.61. The van der Waals surface area contributed by atoms with Crippen molar-refractivity contribution in [2.24, 2.45) is 8.73 Å². The van der Waals surface area contributed by atoms with Gasteiger partial charge in [-0.25, -0.2) is 0 Å². The smallest absolute Gasteiger partial charge is 0.130 e. The predicted molar refractivity (Wildman–Crippen MR) is 89.2 cm³/mol. The minimum absolute atomic E-state index is 0.439. The Morgan fingerprint density at radius 1 is 1.10 bits per heavy atom. The van der Waals surface area contributed by atoms with Crippen LogP contribution in [0.25, 0.3) is 0 Å². The van der Waals surface area contributed by atoms with Gasteiger partial charge in [-0.2, -0.15) is 8.73 Å². The maximum Gasteiger partial charge on any atom is 0.130 e. The Kier molecular flexibility index (Phi) is 3.69. The van der Waals surface area contributed by atoms with E-state index in [1.807, 2.05) is 0 Å². The Morgan fingerprint density at radius 2 is 1.95 bits per heavy atom. The predicted octanol–water partition coefficient (Wildman–Crippen LogP) is 4.76. The fourth-order valence-corrected chi connectivity index (χ4v) is 4.78. The molecule has 2 atom stereocenters. The number of hydrogen-bond acceptors (Lipinski definition) is 4. The molecule has 1 N–H and O–H groups in total. The molecule has 0 spiro atoms. The highest BCUT2D eigenvalue weighted by Gasteiger charge is 2.36. The van der Waals surface area contributed by atoms with Crippen molar-refractivity contribution in [2.45, 2.75) is 37.8 Å². The zero-order valence-electron chi connectivity index (χ0n) is 11.5. The fraction of sp³-hybridized carbons (Fsp3) is 0.571. The molecule has 0 saturated carbocycles. The van der Waals surface area contributed by atoms with E-state index >= 15 is 0 Å². The van der Waals surface area contributed by atoms with E-state index in [9.17, 15) is 0 Å². The van der Waals surface area contributed by atoms with Crippen molar-refractivity contribution in [1.82, 2.24) is 4.90 Å². The van der Waals surface area contributed by atoms with E-state index in [1.54, 1.807) is 6.07 Å². The third kappa shape index (κ3) is 2.40. The van der Waals surface area contributed by atoms with Gasteiger partial charge in [0.1, 0.15) is 11.4 Å². The highest BCUT2D eigenvalue weighted by atomic mass is 35.5. The third-order valence-corrected chi connectivity index (χ3v) is 5.74. The van der Waals surface area contributed by atoms with Crippen molar-refractivity contribution in [3.05, 3.63) is 16.1 Å². The molecule has 2 saturated heterocycles. The van der Waals surface area contributed by atoms with Crippen molar-refractivity contribution < 1.29 is 0 Å². The second kappa shape index (κ2) is 5.54. The maximum absolute atomic E-state index is 6.40. The molecule has 2 fully saturated rings. The van der Waals surface area contributed by atoms with Crippen molar-refractivity contribution in [3.63, 3.8) is 0 Å². The van der Waals surface area contributed by atoms with Crippen LogP contribution < -0.4 is 5.32 Å². The van der Waals surface area contributed by atoms with Crippen molar-refractivity contribution >= 4 is 51.6 Å². The number of fused-ring (bicyclic) bond motifs is 2. The molecule has 3 aliphatic heterocycles. The van der Waals surface area contributed by atoms with Gasteiger partial charge in [0.25, 0.3) is 0 Å². The zero-order chi connectivity index (χ0) is 14.4. The van der Waals surface area contributed by atoms with E-state index in [2.05, 4.69) is 18.9 Å². The highest BCUT2D eigenvalue weighted by molar-refractivity contribution is 7.58. The number of piperidine rings is 1. The van der Waals surface area contributed by atoms with E-state index in [0.717, 1.165) is 23.5 Å².